The summed E-state index contributed by atoms with van der Waals surface area (Å²) in [6.07, 6.45) is 3.07. The Balaban J connectivity index is 1.62. The molecule has 0 saturated carbocycles. The zero-order chi connectivity index (χ0) is 17.6. The van der Waals surface area contributed by atoms with E-state index in [4.69, 9.17) is 16.1 Å². The second kappa shape index (κ2) is 8.68. The number of hydrogen-bond acceptors (Lipinski definition) is 7. The van der Waals surface area contributed by atoms with Crippen molar-refractivity contribution in [2.75, 3.05) is 13.1 Å². The zero-order valence-electron chi connectivity index (χ0n) is 14.0. The first-order chi connectivity index (χ1) is 12.2. The Morgan fingerprint density at radius 1 is 1.52 bits per heavy atom. The summed E-state index contributed by atoms with van der Waals surface area (Å²) >= 11 is 8.77. The number of aromatic nitrogens is 2. The predicted octanol–water partition coefficient (Wildman–Crippen LogP) is 3.84. The van der Waals surface area contributed by atoms with Gasteiger partial charge in [0, 0.05) is 18.7 Å². The van der Waals surface area contributed by atoms with Crippen LogP contribution in [0.5, 0.6) is 0 Å². The Morgan fingerprint density at radius 3 is 3.08 bits per heavy atom. The number of hydrazone groups is 1. The van der Waals surface area contributed by atoms with E-state index in [1.165, 1.54) is 11.9 Å². The molecular formula is C15H19ClN6OS2. The smallest absolute Gasteiger partial charge is 0.241 e. The van der Waals surface area contributed by atoms with Crippen molar-refractivity contribution in [1.82, 2.24) is 19.9 Å². The number of guanidine groups is 1. The molecule has 25 heavy (non-hydrogen) atoms. The minimum atomic E-state index is 0.216. The third-order valence-corrected chi connectivity index (χ3v) is 5.75. The van der Waals surface area contributed by atoms with Crippen LogP contribution >= 0.6 is 34.9 Å². The van der Waals surface area contributed by atoms with Gasteiger partial charge in [-0.05, 0) is 37.4 Å². The van der Waals surface area contributed by atoms with E-state index in [9.17, 15) is 0 Å². The van der Waals surface area contributed by atoms with Crippen LogP contribution in [-0.4, -0.2) is 40.4 Å². The molecule has 3 rings (SSSR count). The van der Waals surface area contributed by atoms with Crippen molar-refractivity contribution >= 4 is 47.1 Å². The maximum atomic E-state index is 5.69. The quantitative estimate of drug-likeness (QED) is 0.344. The van der Waals surface area contributed by atoms with Gasteiger partial charge in [-0.1, -0.05) is 12.1 Å². The zero-order valence-corrected chi connectivity index (χ0v) is 16.4. The Kier molecular flexibility index (Phi) is 6.33. The normalized spacial score (nSPS) is 17.5. The van der Waals surface area contributed by atoms with Gasteiger partial charge in [0.1, 0.15) is 5.88 Å². The molecule has 0 saturated heterocycles. The fourth-order valence-electron chi connectivity index (χ4n) is 2.18. The molecule has 2 aromatic rings. The molecule has 10 heteroatoms. The van der Waals surface area contributed by atoms with E-state index >= 15 is 0 Å². The second-order valence-corrected chi connectivity index (χ2v) is 7.74. The summed E-state index contributed by atoms with van der Waals surface area (Å²) in [7, 11) is 0. The molecule has 1 atom stereocenters. The van der Waals surface area contributed by atoms with Crippen molar-refractivity contribution in [3.05, 3.63) is 18.0 Å². The van der Waals surface area contributed by atoms with Crippen molar-refractivity contribution in [3.8, 4) is 10.7 Å². The minimum absolute atomic E-state index is 0.216. The van der Waals surface area contributed by atoms with E-state index < -0.39 is 0 Å². The highest BCUT2D eigenvalue weighted by Gasteiger charge is 2.20. The Hall–Kier alpha value is -1.58. The van der Waals surface area contributed by atoms with Gasteiger partial charge < -0.3 is 4.52 Å². The van der Waals surface area contributed by atoms with Gasteiger partial charge in [0.15, 0.2) is 0 Å². The van der Waals surface area contributed by atoms with Gasteiger partial charge in [0.2, 0.25) is 17.7 Å². The number of nitrogens with one attached hydrogen (secondary N) is 1. The molecule has 1 N–H and O–H groups in total. The molecule has 2 aromatic heterocycles. The third-order valence-electron chi connectivity index (χ3n) is 3.53. The number of alkyl halides is 1. The minimum Gasteiger partial charge on any atom is -0.338 e. The van der Waals surface area contributed by atoms with Gasteiger partial charge in [-0.2, -0.15) is 10.1 Å². The van der Waals surface area contributed by atoms with Crippen LogP contribution in [0.25, 0.3) is 10.7 Å². The summed E-state index contributed by atoms with van der Waals surface area (Å²) in [6.45, 7) is 5.74. The molecule has 0 amide bonds. The van der Waals surface area contributed by atoms with Crippen LogP contribution in [0.3, 0.4) is 0 Å². The van der Waals surface area contributed by atoms with Crippen molar-refractivity contribution in [2.45, 2.75) is 30.4 Å². The van der Waals surface area contributed by atoms with E-state index in [1.54, 1.807) is 11.3 Å². The van der Waals surface area contributed by atoms with Gasteiger partial charge in [-0.25, -0.2) is 5.01 Å². The second-order valence-electron chi connectivity index (χ2n) is 5.28. The van der Waals surface area contributed by atoms with Gasteiger partial charge in [0.25, 0.3) is 0 Å². The number of hydrogen-bond donors (Lipinski definition) is 1. The lowest BCUT2D eigenvalue weighted by molar-refractivity contribution is 0.391. The summed E-state index contributed by atoms with van der Waals surface area (Å²) < 4.78 is 9.43. The van der Waals surface area contributed by atoms with Crippen LogP contribution < -0.4 is 4.72 Å². The van der Waals surface area contributed by atoms with E-state index in [2.05, 4.69) is 31.9 Å². The van der Waals surface area contributed by atoms with Crippen LogP contribution in [0.1, 0.15) is 26.2 Å². The van der Waals surface area contributed by atoms with Gasteiger partial charge in [-0.3, -0.25) is 9.71 Å². The molecule has 3 heterocycles. The highest BCUT2D eigenvalue weighted by atomic mass is 35.5. The van der Waals surface area contributed by atoms with E-state index in [1.807, 2.05) is 30.3 Å². The Bertz CT molecular complexity index is 759. The summed E-state index contributed by atoms with van der Waals surface area (Å²) in [5.74, 6) is 2.46. The van der Waals surface area contributed by atoms with Crippen molar-refractivity contribution in [2.24, 2.45) is 16.0 Å². The first-order valence-corrected chi connectivity index (χ1v) is 10.2. The number of thiophene rings is 1. The fourth-order valence-corrected chi connectivity index (χ4v) is 4.01. The monoisotopic (exact) mass is 398 g/mol. The van der Waals surface area contributed by atoms with E-state index in [-0.39, 0.29) is 5.88 Å². The molecule has 0 bridgehead atoms. The van der Waals surface area contributed by atoms with E-state index in [0.29, 0.717) is 24.2 Å². The fraction of sp³-hybridized carbons (Fsp3) is 0.467. The van der Waals surface area contributed by atoms with Crippen LogP contribution in [-0.2, 0) is 5.88 Å². The largest absolute Gasteiger partial charge is 0.338 e. The number of rotatable bonds is 6. The molecule has 0 fully saturated rings. The lowest BCUT2D eigenvalue weighted by Gasteiger charge is -2.18. The molecular weight excluding hydrogens is 380 g/mol. The summed E-state index contributed by atoms with van der Waals surface area (Å²) in [5.41, 5.74) is 0. The highest BCUT2D eigenvalue weighted by molar-refractivity contribution is 7.99. The number of halogens is 1. The SMILES string of the molecule is CCN=C(NSc1ccc(-c2noc(CCl)n2)s1)N1CC(CC)C=N1. The summed E-state index contributed by atoms with van der Waals surface area (Å²) in [5, 5.41) is 10.3. The molecule has 7 nitrogen and oxygen atoms in total. The first-order valence-electron chi connectivity index (χ1n) is 8.01. The molecule has 0 aliphatic carbocycles. The molecule has 0 spiro atoms. The van der Waals surface area contributed by atoms with Crippen LogP contribution in [0.2, 0.25) is 0 Å². The van der Waals surface area contributed by atoms with Crippen molar-refractivity contribution in [3.63, 3.8) is 0 Å². The summed E-state index contributed by atoms with van der Waals surface area (Å²) in [6, 6.07) is 3.98. The summed E-state index contributed by atoms with van der Waals surface area (Å²) in [4.78, 5) is 9.69. The van der Waals surface area contributed by atoms with Crippen molar-refractivity contribution < 1.29 is 4.52 Å². The third kappa shape index (κ3) is 4.53. The lowest BCUT2D eigenvalue weighted by atomic mass is 10.1. The molecule has 1 unspecified atom stereocenters. The molecule has 1 aliphatic heterocycles. The van der Waals surface area contributed by atoms with Gasteiger partial charge in [-0.15, -0.1) is 22.9 Å². The molecule has 0 radical (unpaired) electrons. The maximum Gasteiger partial charge on any atom is 0.241 e. The highest BCUT2D eigenvalue weighted by Crippen LogP contribution is 2.31. The lowest BCUT2D eigenvalue weighted by Crippen LogP contribution is -2.34. The topological polar surface area (TPSA) is 78.9 Å². The Labute approximate surface area is 159 Å². The van der Waals surface area contributed by atoms with Crippen LogP contribution in [0, 0.1) is 5.92 Å². The van der Waals surface area contributed by atoms with Gasteiger partial charge in [0.05, 0.1) is 15.6 Å². The van der Waals surface area contributed by atoms with Crippen LogP contribution in [0.15, 0.2) is 31.0 Å². The number of nitrogens with zero attached hydrogens (tertiary/aromatic N) is 5. The standard InChI is InChI=1S/C15H19ClN6OS2/c1-3-10-8-18-22(9-10)15(17-4-2)21-25-13-6-5-11(24-13)14-19-12(7-16)23-20-14/h5-6,8,10H,3-4,7,9H2,1-2H3,(H,17,21). The molecule has 134 valence electrons. The first kappa shape index (κ1) is 18.2. The molecule has 1 aliphatic rings. The van der Waals surface area contributed by atoms with Crippen molar-refractivity contribution in [1.29, 1.82) is 0 Å². The Morgan fingerprint density at radius 2 is 2.40 bits per heavy atom. The average Bonchev–Trinajstić information content (AvgIpc) is 3.38. The number of aliphatic imine (C=N–C) groups is 1. The van der Waals surface area contributed by atoms with E-state index in [0.717, 1.165) is 28.0 Å². The average molecular weight is 399 g/mol. The van der Waals surface area contributed by atoms with Gasteiger partial charge >= 0.3 is 0 Å². The molecule has 0 aromatic carbocycles. The van der Waals surface area contributed by atoms with Crippen LogP contribution in [0.4, 0.5) is 0 Å². The predicted molar refractivity (Wildman–Crippen MR) is 103 cm³/mol. The maximum absolute atomic E-state index is 5.69.